The molecule has 0 aliphatic heterocycles. The van der Waals surface area contributed by atoms with Gasteiger partial charge in [-0.05, 0) is 13.3 Å². The van der Waals surface area contributed by atoms with E-state index in [0.717, 1.165) is 26.2 Å². The van der Waals surface area contributed by atoms with Crippen LogP contribution in [0.3, 0.4) is 0 Å². The molecule has 0 rings (SSSR count). The SMILES string of the molecule is CCCCCCC(C)C(C)(OCC(F)(F)F)OCC(F)(F)F. The van der Waals surface area contributed by atoms with Crippen LogP contribution in [0.4, 0.5) is 26.3 Å². The molecule has 8 heteroatoms. The number of unbranched alkanes of at least 4 members (excludes halogenated alkanes) is 3. The molecular weight excluding hydrogens is 314 g/mol. The molecule has 0 aromatic carbocycles. The molecule has 0 aliphatic rings. The quantitative estimate of drug-likeness (QED) is 0.299. The second-order valence-corrected chi connectivity index (χ2v) is 5.57. The number of hydrogen-bond acceptors (Lipinski definition) is 2. The Labute approximate surface area is 127 Å². The highest BCUT2D eigenvalue weighted by Crippen LogP contribution is 2.32. The van der Waals surface area contributed by atoms with Crippen molar-refractivity contribution in [1.82, 2.24) is 0 Å². The third kappa shape index (κ3) is 10.3. The highest BCUT2D eigenvalue weighted by atomic mass is 19.4. The van der Waals surface area contributed by atoms with E-state index in [4.69, 9.17) is 0 Å². The van der Waals surface area contributed by atoms with Gasteiger partial charge in [0, 0.05) is 5.92 Å². The summed E-state index contributed by atoms with van der Waals surface area (Å²) in [6, 6.07) is 0. The van der Waals surface area contributed by atoms with E-state index < -0.39 is 37.3 Å². The van der Waals surface area contributed by atoms with Gasteiger partial charge in [-0.3, -0.25) is 0 Å². The predicted molar refractivity (Wildman–Crippen MR) is 70.3 cm³/mol. The van der Waals surface area contributed by atoms with Crippen molar-refractivity contribution in [3.63, 3.8) is 0 Å². The first kappa shape index (κ1) is 21.5. The van der Waals surface area contributed by atoms with Crippen molar-refractivity contribution in [2.75, 3.05) is 13.2 Å². The summed E-state index contributed by atoms with van der Waals surface area (Å²) >= 11 is 0. The second-order valence-electron chi connectivity index (χ2n) is 5.57. The average molecular weight is 338 g/mol. The molecule has 0 aromatic heterocycles. The van der Waals surface area contributed by atoms with Crippen LogP contribution < -0.4 is 0 Å². The van der Waals surface area contributed by atoms with Crippen LogP contribution in [-0.4, -0.2) is 31.4 Å². The molecule has 0 radical (unpaired) electrons. The molecule has 0 N–H and O–H groups in total. The van der Waals surface area contributed by atoms with E-state index in [1.165, 1.54) is 0 Å². The molecule has 0 saturated heterocycles. The molecule has 0 saturated carbocycles. The maximum Gasteiger partial charge on any atom is 0.411 e. The van der Waals surface area contributed by atoms with Crippen LogP contribution in [0.1, 0.15) is 52.9 Å². The van der Waals surface area contributed by atoms with E-state index >= 15 is 0 Å². The molecule has 0 bridgehead atoms. The minimum atomic E-state index is -4.62. The Balaban J connectivity index is 4.67. The Morgan fingerprint density at radius 1 is 0.818 bits per heavy atom. The highest BCUT2D eigenvalue weighted by Gasteiger charge is 2.41. The summed E-state index contributed by atoms with van der Waals surface area (Å²) in [4.78, 5) is 0. The van der Waals surface area contributed by atoms with Crippen molar-refractivity contribution in [1.29, 1.82) is 0 Å². The third-order valence-corrected chi connectivity index (χ3v) is 3.43. The summed E-state index contributed by atoms with van der Waals surface area (Å²) in [5, 5.41) is 0. The molecule has 0 aromatic rings. The fourth-order valence-electron chi connectivity index (χ4n) is 1.92. The van der Waals surface area contributed by atoms with E-state index in [1.54, 1.807) is 6.92 Å². The van der Waals surface area contributed by atoms with E-state index in [9.17, 15) is 26.3 Å². The lowest BCUT2D eigenvalue weighted by molar-refractivity contribution is -0.320. The number of halogens is 6. The van der Waals surface area contributed by atoms with Gasteiger partial charge in [-0.25, -0.2) is 0 Å². The lowest BCUT2D eigenvalue weighted by Gasteiger charge is -2.36. The summed E-state index contributed by atoms with van der Waals surface area (Å²) in [7, 11) is 0. The lowest BCUT2D eigenvalue weighted by Crippen LogP contribution is -2.44. The Bertz CT molecular complexity index is 283. The second kappa shape index (κ2) is 8.96. The third-order valence-electron chi connectivity index (χ3n) is 3.43. The zero-order valence-corrected chi connectivity index (χ0v) is 13.1. The zero-order chi connectivity index (χ0) is 17.4. The normalized spacial score (nSPS) is 15.1. The monoisotopic (exact) mass is 338 g/mol. The highest BCUT2D eigenvalue weighted by molar-refractivity contribution is 4.74. The van der Waals surface area contributed by atoms with E-state index in [-0.39, 0.29) is 0 Å². The first-order valence-corrected chi connectivity index (χ1v) is 7.31. The summed E-state index contributed by atoms with van der Waals surface area (Å²) in [5.41, 5.74) is 0. The molecule has 1 unspecified atom stereocenters. The van der Waals surface area contributed by atoms with Crippen molar-refractivity contribution in [3.8, 4) is 0 Å². The topological polar surface area (TPSA) is 18.5 Å². The van der Waals surface area contributed by atoms with Crippen molar-refractivity contribution >= 4 is 0 Å². The average Bonchev–Trinajstić information content (AvgIpc) is 2.37. The van der Waals surface area contributed by atoms with Gasteiger partial charge in [0.25, 0.3) is 0 Å². The van der Waals surface area contributed by atoms with Crippen molar-refractivity contribution in [2.24, 2.45) is 5.92 Å². The minimum Gasteiger partial charge on any atom is -0.341 e. The Morgan fingerprint density at radius 3 is 1.64 bits per heavy atom. The maximum atomic E-state index is 12.3. The molecule has 1 atom stereocenters. The van der Waals surface area contributed by atoms with Crippen molar-refractivity contribution in [2.45, 2.75) is 71.0 Å². The molecule has 22 heavy (non-hydrogen) atoms. The van der Waals surface area contributed by atoms with E-state index in [0.29, 0.717) is 12.8 Å². The maximum absolute atomic E-state index is 12.3. The Kier molecular flexibility index (Phi) is 8.75. The molecule has 0 aliphatic carbocycles. The Hall–Kier alpha value is -0.500. The van der Waals surface area contributed by atoms with Crippen LogP contribution in [0.25, 0.3) is 0 Å². The molecule has 0 fully saturated rings. The van der Waals surface area contributed by atoms with Crippen molar-refractivity contribution in [3.05, 3.63) is 0 Å². The fraction of sp³-hybridized carbons (Fsp3) is 1.00. The lowest BCUT2D eigenvalue weighted by atomic mass is 9.95. The summed E-state index contributed by atoms with van der Waals surface area (Å²) in [6.45, 7) is 1.40. The van der Waals surface area contributed by atoms with Crippen LogP contribution in [0.15, 0.2) is 0 Å². The summed E-state index contributed by atoms with van der Waals surface area (Å²) in [5.74, 6) is -2.51. The van der Waals surface area contributed by atoms with Gasteiger partial charge in [0.05, 0.1) is 0 Å². The molecule has 2 nitrogen and oxygen atoms in total. The van der Waals surface area contributed by atoms with Crippen LogP contribution in [0, 0.1) is 5.92 Å². The first-order chi connectivity index (χ1) is 9.90. The standard InChI is InChI=1S/C14H24F6O2/c1-4-5-6-7-8-11(2)12(3,21-9-13(15,16)17)22-10-14(18,19)20/h11H,4-10H2,1-3H3. The van der Waals surface area contributed by atoms with Gasteiger partial charge in [0.1, 0.15) is 13.2 Å². The van der Waals surface area contributed by atoms with Crippen LogP contribution in [-0.2, 0) is 9.47 Å². The van der Waals surface area contributed by atoms with Gasteiger partial charge in [-0.15, -0.1) is 0 Å². The first-order valence-electron chi connectivity index (χ1n) is 7.31. The van der Waals surface area contributed by atoms with Crippen LogP contribution in [0.5, 0.6) is 0 Å². The molecule has 0 amide bonds. The van der Waals surface area contributed by atoms with Gasteiger partial charge in [0.2, 0.25) is 0 Å². The predicted octanol–water partition coefficient (Wildman–Crippen LogP) is 5.47. The van der Waals surface area contributed by atoms with Gasteiger partial charge in [-0.1, -0.05) is 39.5 Å². The largest absolute Gasteiger partial charge is 0.411 e. The Morgan fingerprint density at radius 2 is 1.27 bits per heavy atom. The molecule has 0 spiro atoms. The van der Waals surface area contributed by atoms with Gasteiger partial charge in [-0.2, -0.15) is 26.3 Å². The van der Waals surface area contributed by atoms with Crippen LogP contribution >= 0.6 is 0 Å². The van der Waals surface area contributed by atoms with Gasteiger partial charge >= 0.3 is 12.4 Å². The van der Waals surface area contributed by atoms with Gasteiger partial charge < -0.3 is 9.47 Å². The van der Waals surface area contributed by atoms with Gasteiger partial charge in [0.15, 0.2) is 5.79 Å². The zero-order valence-electron chi connectivity index (χ0n) is 13.1. The van der Waals surface area contributed by atoms with Crippen LogP contribution in [0.2, 0.25) is 0 Å². The fourth-order valence-corrected chi connectivity index (χ4v) is 1.92. The minimum absolute atomic E-state index is 0.437. The number of hydrogen-bond donors (Lipinski definition) is 0. The van der Waals surface area contributed by atoms with E-state index in [1.807, 2.05) is 6.92 Å². The summed E-state index contributed by atoms with van der Waals surface area (Å²) in [6.07, 6.45) is -5.27. The number of ether oxygens (including phenoxy) is 2. The number of alkyl halides is 6. The summed E-state index contributed by atoms with van der Waals surface area (Å²) < 4.78 is 83.0. The molecule has 0 heterocycles. The number of rotatable bonds is 10. The molecular formula is C14H24F6O2. The van der Waals surface area contributed by atoms with Crippen molar-refractivity contribution < 1.29 is 35.8 Å². The van der Waals surface area contributed by atoms with E-state index in [2.05, 4.69) is 9.47 Å². The smallest absolute Gasteiger partial charge is 0.341 e. The molecule has 134 valence electrons.